The number of aliphatic hydroxyl groups excluding tert-OH is 2. The minimum absolute atomic E-state index is 0.00881. The summed E-state index contributed by atoms with van der Waals surface area (Å²) in [6.07, 6.45) is 3.47. The number of ether oxygens (including phenoxy) is 2. The smallest absolute Gasteiger partial charge is 0.248 e. The van der Waals surface area contributed by atoms with E-state index in [1.165, 1.54) is 0 Å². The molecule has 2 aliphatic carbocycles. The number of carbonyl (C=O) groups is 2. The normalized spacial score (nSPS) is 24.6. The number of nitrogens with one attached hydrogen (secondary N) is 2. The Morgan fingerprint density at radius 1 is 1.13 bits per heavy atom. The Morgan fingerprint density at radius 3 is 2.64 bits per heavy atom. The van der Waals surface area contributed by atoms with Crippen molar-refractivity contribution in [2.75, 3.05) is 26.3 Å². The zero-order valence-corrected chi connectivity index (χ0v) is 29.7. The maximum atomic E-state index is 14.2. The predicted molar refractivity (Wildman–Crippen MR) is 191 cm³/mol. The van der Waals surface area contributed by atoms with E-state index in [9.17, 15) is 19.8 Å². The summed E-state index contributed by atoms with van der Waals surface area (Å²) in [5, 5.41) is 25.0. The van der Waals surface area contributed by atoms with Crippen LogP contribution >= 0.6 is 22.6 Å². The van der Waals surface area contributed by atoms with Gasteiger partial charge in [-0.1, -0.05) is 57.5 Å². The van der Waals surface area contributed by atoms with Crippen LogP contribution in [0.3, 0.4) is 0 Å². The van der Waals surface area contributed by atoms with Crippen LogP contribution in [0.2, 0.25) is 0 Å². The van der Waals surface area contributed by atoms with Gasteiger partial charge in [0.25, 0.3) is 0 Å². The highest BCUT2D eigenvalue weighted by Crippen LogP contribution is 2.36. The van der Waals surface area contributed by atoms with Crippen LogP contribution in [-0.2, 0) is 20.7 Å². The summed E-state index contributed by atoms with van der Waals surface area (Å²) in [5.74, 6) is 1.36. The van der Waals surface area contributed by atoms with Crippen LogP contribution in [0.15, 0.2) is 66.2 Å². The van der Waals surface area contributed by atoms with Crippen LogP contribution in [0.5, 0.6) is 5.75 Å². The van der Waals surface area contributed by atoms with Crippen LogP contribution in [-0.4, -0.2) is 82.6 Å². The first-order valence-electron chi connectivity index (χ1n) is 16.8. The monoisotopic (exact) mass is 757 g/mol. The van der Waals surface area contributed by atoms with E-state index in [4.69, 9.17) is 9.47 Å². The van der Waals surface area contributed by atoms with E-state index >= 15 is 0 Å². The molecule has 3 aromatic rings. The lowest BCUT2D eigenvalue weighted by Crippen LogP contribution is -2.56. The quantitative estimate of drug-likeness (QED) is 0.177. The molecule has 1 saturated carbocycles. The number of benzene rings is 2. The highest BCUT2D eigenvalue weighted by atomic mass is 127. The molecule has 4 N–H and O–H groups in total. The Hall–Kier alpha value is -2.93. The Morgan fingerprint density at radius 2 is 1.89 bits per heavy atom. The largest absolute Gasteiger partial charge is 0.482 e. The van der Waals surface area contributed by atoms with Gasteiger partial charge in [-0.2, -0.15) is 0 Å². The maximum Gasteiger partial charge on any atom is 0.248 e. The molecule has 1 aromatic heterocycles. The van der Waals surface area contributed by atoms with E-state index < -0.39 is 18.2 Å². The van der Waals surface area contributed by atoms with Gasteiger partial charge in [-0.15, -0.1) is 0 Å². The second-order valence-electron chi connectivity index (χ2n) is 13.3. The number of aromatic nitrogens is 1. The molecule has 0 bridgehead atoms. The van der Waals surface area contributed by atoms with Gasteiger partial charge in [0, 0.05) is 42.7 Å². The molecule has 6 atom stereocenters. The van der Waals surface area contributed by atoms with E-state index in [2.05, 4.69) is 59.7 Å². The fourth-order valence-corrected chi connectivity index (χ4v) is 7.53. The van der Waals surface area contributed by atoms with E-state index in [1.54, 1.807) is 11.0 Å². The van der Waals surface area contributed by atoms with E-state index in [0.717, 1.165) is 39.4 Å². The summed E-state index contributed by atoms with van der Waals surface area (Å²) in [5.41, 5.74) is 2.39. The molecule has 2 amide bonds. The third-order valence-corrected chi connectivity index (χ3v) is 10.5. The number of fused-ring (bicyclic) bond motifs is 1. The fraction of sp³-hybridized carbons (Fsp3) is 0.514. The molecule has 0 spiro atoms. The first kappa shape index (κ1) is 35.4. The van der Waals surface area contributed by atoms with Crippen molar-refractivity contribution in [3.05, 3.63) is 75.5 Å². The summed E-state index contributed by atoms with van der Waals surface area (Å²) in [4.78, 5) is 32.6. The molecular formula is C37H48IN3O6. The van der Waals surface area contributed by atoms with Gasteiger partial charge in [-0.25, -0.2) is 0 Å². The second kappa shape index (κ2) is 16.5. The first-order valence-corrected chi connectivity index (χ1v) is 17.9. The third-order valence-electron chi connectivity index (χ3n) is 9.62. The molecule has 47 heavy (non-hydrogen) atoms. The molecule has 2 aliphatic rings. The SMILES string of the molecule is CC1CCC(C(C)C)C(OCC(=O)N(CCc2cc3ccccc3[nH]2)C2CC(C(=O)NCCO)=CC(Oc3ccccc3I)C2O)C1. The number of amides is 2. The Balaban J connectivity index is 1.42. The van der Waals surface area contributed by atoms with E-state index in [-0.39, 0.29) is 44.1 Å². The summed E-state index contributed by atoms with van der Waals surface area (Å²) in [6.45, 7) is 6.78. The van der Waals surface area contributed by atoms with Crippen molar-refractivity contribution >= 4 is 45.3 Å². The van der Waals surface area contributed by atoms with Crippen molar-refractivity contribution in [1.29, 1.82) is 0 Å². The average Bonchev–Trinajstić information content (AvgIpc) is 3.48. The molecule has 5 rings (SSSR count). The molecule has 10 heteroatoms. The number of aliphatic hydroxyl groups is 2. The Labute approximate surface area is 291 Å². The molecule has 0 aliphatic heterocycles. The number of hydrogen-bond donors (Lipinski definition) is 4. The Kier molecular flexibility index (Phi) is 12.4. The van der Waals surface area contributed by atoms with Crippen LogP contribution in [0.25, 0.3) is 10.9 Å². The van der Waals surface area contributed by atoms with Gasteiger partial charge in [0.1, 0.15) is 24.6 Å². The van der Waals surface area contributed by atoms with Crippen molar-refractivity contribution in [1.82, 2.24) is 15.2 Å². The lowest BCUT2D eigenvalue weighted by Gasteiger charge is -2.41. The molecule has 0 radical (unpaired) electrons. The number of rotatable bonds is 13. The first-order chi connectivity index (χ1) is 22.6. The molecule has 6 unspecified atom stereocenters. The van der Waals surface area contributed by atoms with Gasteiger partial charge in [-0.05, 0) is 88.9 Å². The molecule has 1 heterocycles. The van der Waals surface area contributed by atoms with Gasteiger partial charge in [0.15, 0.2) is 0 Å². The minimum Gasteiger partial charge on any atom is -0.482 e. The highest BCUT2D eigenvalue weighted by molar-refractivity contribution is 14.1. The molecule has 9 nitrogen and oxygen atoms in total. The van der Waals surface area contributed by atoms with Crippen LogP contribution in [0, 0.1) is 21.3 Å². The summed E-state index contributed by atoms with van der Waals surface area (Å²) in [6, 6.07) is 16.9. The van der Waals surface area contributed by atoms with Gasteiger partial charge in [0.05, 0.1) is 22.3 Å². The number of hydrogen-bond acceptors (Lipinski definition) is 6. The van der Waals surface area contributed by atoms with Gasteiger partial charge >= 0.3 is 0 Å². The number of H-pyrrole nitrogens is 1. The van der Waals surface area contributed by atoms with Crippen LogP contribution < -0.4 is 10.1 Å². The van der Waals surface area contributed by atoms with Crippen LogP contribution in [0.1, 0.15) is 52.1 Å². The topological polar surface area (TPSA) is 124 Å². The summed E-state index contributed by atoms with van der Waals surface area (Å²) < 4.78 is 13.6. The van der Waals surface area contributed by atoms with Crippen molar-refractivity contribution in [2.24, 2.45) is 17.8 Å². The van der Waals surface area contributed by atoms with E-state index in [1.807, 2.05) is 48.5 Å². The van der Waals surface area contributed by atoms with Gasteiger partial charge < -0.3 is 34.9 Å². The average molecular weight is 758 g/mol. The van der Waals surface area contributed by atoms with Gasteiger partial charge in [-0.3, -0.25) is 9.59 Å². The summed E-state index contributed by atoms with van der Waals surface area (Å²) in [7, 11) is 0. The molecule has 1 fully saturated rings. The molecule has 0 saturated heterocycles. The second-order valence-corrected chi connectivity index (χ2v) is 14.5. The number of carbonyl (C=O) groups excluding carboxylic acids is 2. The summed E-state index contributed by atoms with van der Waals surface area (Å²) >= 11 is 2.18. The lowest BCUT2D eigenvalue weighted by atomic mass is 9.75. The predicted octanol–water partition coefficient (Wildman–Crippen LogP) is 5.24. The molecular weight excluding hydrogens is 709 g/mol. The van der Waals surface area contributed by atoms with E-state index in [0.29, 0.717) is 42.0 Å². The maximum absolute atomic E-state index is 14.2. The third kappa shape index (κ3) is 8.95. The van der Waals surface area contributed by atoms with Crippen molar-refractivity contribution < 1.29 is 29.3 Å². The molecule has 2 aromatic carbocycles. The van der Waals surface area contributed by atoms with Crippen molar-refractivity contribution in [3.63, 3.8) is 0 Å². The minimum atomic E-state index is -1.11. The fourth-order valence-electron chi connectivity index (χ4n) is 7.02. The van der Waals surface area contributed by atoms with Gasteiger partial charge in [0.2, 0.25) is 11.8 Å². The zero-order valence-electron chi connectivity index (χ0n) is 27.5. The highest BCUT2D eigenvalue weighted by Gasteiger charge is 2.41. The molecule has 254 valence electrons. The Bertz CT molecular complexity index is 1510. The lowest BCUT2D eigenvalue weighted by molar-refractivity contribution is -0.148. The van der Waals surface area contributed by atoms with Crippen LogP contribution in [0.4, 0.5) is 0 Å². The number of aromatic amines is 1. The number of para-hydroxylation sites is 2. The zero-order chi connectivity index (χ0) is 33.5. The number of halogens is 1. The van der Waals surface area contributed by atoms with Crippen molar-refractivity contribution in [2.45, 2.75) is 77.2 Å². The van der Waals surface area contributed by atoms with Crippen molar-refractivity contribution in [3.8, 4) is 5.75 Å². The number of nitrogens with zero attached hydrogens (tertiary/aromatic N) is 1. The standard InChI is InChI=1S/C37H48IN3O6/c1-23(2)28-13-12-24(3)18-33(28)46-22-35(43)41(16-14-27-19-25-8-4-6-10-30(25)40-27)31-20-26(37(45)39-15-17-42)21-34(36(31)44)47-32-11-7-5-9-29(32)38/h4-11,19,21,23-24,28,31,33-34,36,40,42,44H,12-18,20,22H2,1-3H3,(H,39,45).